The van der Waals surface area contributed by atoms with Gasteiger partial charge in [-0.15, -0.1) is 0 Å². The summed E-state index contributed by atoms with van der Waals surface area (Å²) in [5.74, 6) is -0.769. The Morgan fingerprint density at radius 2 is 1.67 bits per heavy atom. The average molecular weight is 310 g/mol. The number of hydrogen-bond donors (Lipinski definition) is 1. The SMILES string of the molecule is CCCNC(c1ccc(C)cc1F)c1ccc(Cl)cc1F. The lowest BCUT2D eigenvalue weighted by Crippen LogP contribution is -2.25. The normalized spacial score (nSPS) is 12.4. The third-order valence-corrected chi connectivity index (χ3v) is 3.57. The number of benzene rings is 2. The first-order valence-electron chi connectivity index (χ1n) is 6.97. The molecule has 0 fully saturated rings. The zero-order chi connectivity index (χ0) is 15.4. The van der Waals surface area contributed by atoms with Crippen LogP contribution in [0.5, 0.6) is 0 Å². The summed E-state index contributed by atoms with van der Waals surface area (Å²) in [6.07, 6.45) is 0.874. The first-order valence-corrected chi connectivity index (χ1v) is 7.35. The molecule has 2 rings (SSSR count). The highest BCUT2D eigenvalue weighted by atomic mass is 35.5. The molecule has 1 atom stereocenters. The lowest BCUT2D eigenvalue weighted by Gasteiger charge is -2.21. The van der Waals surface area contributed by atoms with Crippen LogP contribution in [0.3, 0.4) is 0 Å². The highest BCUT2D eigenvalue weighted by molar-refractivity contribution is 6.30. The van der Waals surface area contributed by atoms with E-state index in [2.05, 4.69) is 5.32 Å². The van der Waals surface area contributed by atoms with E-state index >= 15 is 0 Å². The van der Waals surface area contributed by atoms with Crippen LogP contribution in [-0.2, 0) is 0 Å². The van der Waals surface area contributed by atoms with Crippen LogP contribution in [0.25, 0.3) is 0 Å². The number of halogens is 3. The fourth-order valence-electron chi connectivity index (χ4n) is 2.28. The molecule has 0 aliphatic rings. The minimum absolute atomic E-state index is 0.329. The standard InChI is InChI=1S/C17H18ClF2N/c1-3-8-21-17(13-6-4-11(2)9-15(13)19)14-7-5-12(18)10-16(14)20/h4-7,9-10,17,21H,3,8H2,1-2H3. The van der Waals surface area contributed by atoms with Crippen molar-refractivity contribution in [1.29, 1.82) is 0 Å². The molecule has 0 heterocycles. The zero-order valence-electron chi connectivity index (χ0n) is 12.1. The highest BCUT2D eigenvalue weighted by Crippen LogP contribution is 2.28. The van der Waals surface area contributed by atoms with E-state index in [-0.39, 0.29) is 5.82 Å². The topological polar surface area (TPSA) is 12.0 Å². The van der Waals surface area contributed by atoms with Crippen molar-refractivity contribution in [2.75, 3.05) is 6.54 Å². The second-order valence-electron chi connectivity index (χ2n) is 5.08. The molecule has 0 bridgehead atoms. The van der Waals surface area contributed by atoms with Crippen molar-refractivity contribution < 1.29 is 8.78 Å². The van der Waals surface area contributed by atoms with Gasteiger partial charge in [0, 0.05) is 16.1 Å². The Hall–Kier alpha value is -1.45. The minimum Gasteiger partial charge on any atom is -0.306 e. The summed E-state index contributed by atoms with van der Waals surface area (Å²) in [6, 6.07) is 8.94. The molecular weight excluding hydrogens is 292 g/mol. The summed E-state index contributed by atoms with van der Waals surface area (Å²) in [6.45, 7) is 4.50. The summed E-state index contributed by atoms with van der Waals surface area (Å²) >= 11 is 5.79. The maximum absolute atomic E-state index is 14.2. The quantitative estimate of drug-likeness (QED) is 0.818. The molecule has 0 radical (unpaired) electrons. The highest BCUT2D eigenvalue weighted by Gasteiger charge is 2.20. The summed E-state index contributed by atoms with van der Waals surface area (Å²) in [5.41, 5.74) is 1.67. The van der Waals surface area contributed by atoms with Gasteiger partial charge in [0.2, 0.25) is 0 Å². The fourth-order valence-corrected chi connectivity index (χ4v) is 2.44. The van der Waals surface area contributed by atoms with Gasteiger partial charge in [0.1, 0.15) is 11.6 Å². The van der Waals surface area contributed by atoms with Gasteiger partial charge in [-0.25, -0.2) is 8.78 Å². The predicted octanol–water partition coefficient (Wildman–Crippen LogP) is 5.02. The van der Waals surface area contributed by atoms with Crippen LogP contribution in [-0.4, -0.2) is 6.54 Å². The Balaban J connectivity index is 2.46. The van der Waals surface area contributed by atoms with Gasteiger partial charge in [-0.05, 0) is 43.7 Å². The van der Waals surface area contributed by atoms with Gasteiger partial charge in [0.05, 0.1) is 6.04 Å². The van der Waals surface area contributed by atoms with Gasteiger partial charge < -0.3 is 5.32 Å². The van der Waals surface area contributed by atoms with Crippen LogP contribution < -0.4 is 5.32 Å². The lowest BCUT2D eigenvalue weighted by atomic mass is 9.96. The smallest absolute Gasteiger partial charge is 0.129 e. The molecular formula is C17H18ClF2N. The van der Waals surface area contributed by atoms with Crippen LogP contribution in [0.4, 0.5) is 8.78 Å². The third-order valence-electron chi connectivity index (χ3n) is 3.34. The van der Waals surface area contributed by atoms with E-state index in [1.165, 1.54) is 12.1 Å². The van der Waals surface area contributed by atoms with E-state index < -0.39 is 11.9 Å². The van der Waals surface area contributed by atoms with E-state index in [0.29, 0.717) is 22.7 Å². The van der Waals surface area contributed by atoms with Crippen LogP contribution in [0, 0.1) is 18.6 Å². The molecule has 112 valence electrons. The Labute approximate surface area is 128 Å². The number of rotatable bonds is 5. The molecule has 1 nitrogen and oxygen atoms in total. The van der Waals surface area contributed by atoms with Crippen molar-refractivity contribution >= 4 is 11.6 Å². The first kappa shape index (κ1) is 15.9. The van der Waals surface area contributed by atoms with Crippen molar-refractivity contribution in [2.45, 2.75) is 26.3 Å². The second-order valence-corrected chi connectivity index (χ2v) is 5.51. The van der Waals surface area contributed by atoms with E-state index in [1.807, 2.05) is 19.9 Å². The molecule has 0 aliphatic heterocycles. The summed E-state index contributed by atoms with van der Waals surface area (Å²) < 4.78 is 28.4. The van der Waals surface area contributed by atoms with Crippen molar-refractivity contribution in [3.8, 4) is 0 Å². The molecule has 0 saturated heterocycles. The first-order chi connectivity index (χ1) is 10.0. The zero-order valence-corrected chi connectivity index (χ0v) is 12.8. The number of hydrogen-bond acceptors (Lipinski definition) is 1. The van der Waals surface area contributed by atoms with Crippen molar-refractivity contribution in [3.63, 3.8) is 0 Å². The predicted molar refractivity (Wildman–Crippen MR) is 82.7 cm³/mol. The van der Waals surface area contributed by atoms with Crippen LogP contribution in [0.1, 0.15) is 36.1 Å². The molecule has 4 heteroatoms. The monoisotopic (exact) mass is 309 g/mol. The molecule has 0 amide bonds. The number of aryl methyl sites for hydroxylation is 1. The fraction of sp³-hybridized carbons (Fsp3) is 0.294. The van der Waals surface area contributed by atoms with Gasteiger partial charge in [-0.1, -0.05) is 36.7 Å². The Morgan fingerprint density at radius 1 is 1.05 bits per heavy atom. The van der Waals surface area contributed by atoms with Gasteiger partial charge in [-0.3, -0.25) is 0 Å². The van der Waals surface area contributed by atoms with E-state index in [9.17, 15) is 8.78 Å². The molecule has 2 aromatic rings. The van der Waals surface area contributed by atoms with Gasteiger partial charge >= 0.3 is 0 Å². The minimum atomic E-state index is -0.525. The molecule has 1 N–H and O–H groups in total. The van der Waals surface area contributed by atoms with Gasteiger partial charge in [0.25, 0.3) is 0 Å². The van der Waals surface area contributed by atoms with Crippen molar-refractivity contribution in [1.82, 2.24) is 5.32 Å². The van der Waals surface area contributed by atoms with Crippen LogP contribution in [0.15, 0.2) is 36.4 Å². The Morgan fingerprint density at radius 3 is 2.24 bits per heavy atom. The van der Waals surface area contributed by atoms with Gasteiger partial charge in [0.15, 0.2) is 0 Å². The largest absolute Gasteiger partial charge is 0.306 e. The average Bonchev–Trinajstić information content (AvgIpc) is 2.42. The third kappa shape index (κ3) is 3.80. The number of nitrogens with one attached hydrogen (secondary N) is 1. The van der Waals surface area contributed by atoms with E-state index in [1.54, 1.807) is 18.2 Å². The molecule has 0 aromatic heterocycles. The van der Waals surface area contributed by atoms with Crippen molar-refractivity contribution in [2.24, 2.45) is 0 Å². The van der Waals surface area contributed by atoms with E-state index in [4.69, 9.17) is 11.6 Å². The lowest BCUT2D eigenvalue weighted by molar-refractivity contribution is 0.520. The summed E-state index contributed by atoms with van der Waals surface area (Å²) in [5, 5.41) is 3.53. The molecule has 0 aliphatic carbocycles. The summed E-state index contributed by atoms with van der Waals surface area (Å²) in [4.78, 5) is 0. The maximum atomic E-state index is 14.2. The Bertz CT molecular complexity index is 577. The molecule has 21 heavy (non-hydrogen) atoms. The molecule has 0 saturated carbocycles. The molecule has 0 spiro atoms. The second kappa shape index (κ2) is 7.01. The summed E-state index contributed by atoms with van der Waals surface area (Å²) in [7, 11) is 0. The van der Waals surface area contributed by atoms with E-state index in [0.717, 1.165) is 12.0 Å². The maximum Gasteiger partial charge on any atom is 0.129 e. The van der Waals surface area contributed by atoms with Crippen LogP contribution in [0.2, 0.25) is 5.02 Å². The molecule has 1 unspecified atom stereocenters. The van der Waals surface area contributed by atoms with Crippen LogP contribution >= 0.6 is 11.6 Å². The van der Waals surface area contributed by atoms with Gasteiger partial charge in [-0.2, -0.15) is 0 Å². The Kier molecular flexibility index (Phi) is 5.32. The molecule has 2 aromatic carbocycles. The van der Waals surface area contributed by atoms with Crippen molar-refractivity contribution in [3.05, 3.63) is 69.7 Å².